The largest absolute Gasteiger partial charge is 0.303 e. The quantitative estimate of drug-likeness (QED) is 0.658. The molecule has 0 bridgehead atoms. The lowest BCUT2D eigenvalue weighted by Gasteiger charge is -2.32. The van der Waals surface area contributed by atoms with Gasteiger partial charge in [-0.05, 0) is 13.0 Å². The third kappa shape index (κ3) is 1.29. The number of nitrogens with one attached hydrogen (secondary N) is 2. The predicted octanol–water partition coefficient (Wildman–Crippen LogP) is 1.98. The second-order valence-corrected chi connectivity index (χ2v) is 3.05. The molecule has 1 aliphatic heterocycles. The molecule has 0 aliphatic carbocycles. The van der Waals surface area contributed by atoms with Crippen LogP contribution in [0.4, 0.5) is 5.69 Å². The van der Waals surface area contributed by atoms with E-state index in [0.29, 0.717) is 0 Å². The van der Waals surface area contributed by atoms with E-state index in [0.717, 1.165) is 23.5 Å². The Morgan fingerprint density at radius 2 is 2.21 bits per heavy atom. The van der Waals surface area contributed by atoms with Crippen LogP contribution in [0, 0.1) is 0 Å². The lowest BCUT2D eigenvalue weighted by Crippen LogP contribution is -2.43. The van der Waals surface area contributed by atoms with Crippen molar-refractivity contribution in [2.45, 2.75) is 6.92 Å². The summed E-state index contributed by atoms with van der Waals surface area (Å²) in [5, 5.41) is 1.97. The fourth-order valence-electron chi connectivity index (χ4n) is 1.56. The highest BCUT2D eigenvalue weighted by Gasteiger charge is 2.17. The number of hydrogen-bond acceptors (Lipinski definition) is 3. The van der Waals surface area contributed by atoms with Gasteiger partial charge >= 0.3 is 0 Å². The van der Waals surface area contributed by atoms with Crippen molar-refractivity contribution >= 4 is 11.4 Å². The molecule has 1 aliphatic rings. The third-order valence-electron chi connectivity index (χ3n) is 2.26. The molecule has 14 heavy (non-hydrogen) atoms. The van der Waals surface area contributed by atoms with E-state index in [4.69, 9.17) is 0 Å². The minimum atomic E-state index is 0.860. The van der Waals surface area contributed by atoms with Gasteiger partial charge in [0.25, 0.3) is 0 Å². The molecule has 0 aromatic heterocycles. The summed E-state index contributed by atoms with van der Waals surface area (Å²) in [5.74, 6) is 0. The molecule has 0 amide bonds. The Balaban J connectivity index is 2.50. The van der Waals surface area contributed by atoms with E-state index in [1.807, 2.05) is 23.2 Å². The number of para-hydroxylation sites is 1. The van der Waals surface area contributed by atoms with Gasteiger partial charge in [0.05, 0.1) is 5.69 Å². The smallest absolute Gasteiger partial charge is 0.105 e. The molecule has 3 nitrogen and oxygen atoms in total. The maximum atomic E-state index is 3.71. The van der Waals surface area contributed by atoms with Crippen LogP contribution in [0.3, 0.4) is 0 Å². The summed E-state index contributed by atoms with van der Waals surface area (Å²) >= 11 is 0. The fourth-order valence-corrected chi connectivity index (χ4v) is 1.56. The molecule has 0 saturated heterocycles. The molecular weight excluding hydrogens is 174 g/mol. The van der Waals surface area contributed by atoms with Gasteiger partial charge in [-0.3, -0.25) is 5.01 Å². The minimum Gasteiger partial charge on any atom is -0.303 e. The highest BCUT2D eigenvalue weighted by atomic mass is 15.7. The van der Waals surface area contributed by atoms with E-state index in [-0.39, 0.29) is 0 Å². The van der Waals surface area contributed by atoms with Crippen LogP contribution in [0.5, 0.6) is 0 Å². The van der Waals surface area contributed by atoms with Crippen molar-refractivity contribution in [2.24, 2.45) is 0 Å². The molecule has 72 valence electrons. The van der Waals surface area contributed by atoms with Crippen LogP contribution in [-0.4, -0.2) is 11.6 Å². The van der Waals surface area contributed by atoms with Gasteiger partial charge in [-0.2, -0.15) is 0 Å². The van der Waals surface area contributed by atoms with Crippen LogP contribution in [0.2, 0.25) is 0 Å². The van der Waals surface area contributed by atoms with E-state index in [9.17, 15) is 0 Å². The molecule has 0 unspecified atom stereocenters. The average Bonchev–Trinajstić information content (AvgIpc) is 2.27. The van der Waals surface area contributed by atoms with Gasteiger partial charge in [-0.25, -0.2) is 0 Å². The van der Waals surface area contributed by atoms with Crippen LogP contribution in [0.25, 0.3) is 5.70 Å². The average molecular weight is 187 g/mol. The lowest BCUT2D eigenvalue weighted by molar-refractivity contribution is 0.326. The van der Waals surface area contributed by atoms with Crippen molar-refractivity contribution in [1.82, 2.24) is 10.5 Å². The molecule has 0 saturated carbocycles. The molecular formula is C11H13N3. The number of fused-ring (bicyclic) bond motifs is 1. The molecule has 2 rings (SSSR count). The summed E-state index contributed by atoms with van der Waals surface area (Å²) in [5.41, 5.74) is 12.3. The SMILES string of the molecule is C=C=C1c2ccccc2NNN1CC. The second kappa shape index (κ2) is 3.58. The molecule has 1 aromatic carbocycles. The van der Waals surface area contributed by atoms with Gasteiger partial charge in [0, 0.05) is 12.1 Å². The highest BCUT2D eigenvalue weighted by Crippen LogP contribution is 2.27. The summed E-state index contributed by atoms with van der Waals surface area (Å²) in [6.07, 6.45) is 0. The second-order valence-electron chi connectivity index (χ2n) is 3.05. The first-order chi connectivity index (χ1) is 6.86. The van der Waals surface area contributed by atoms with E-state index in [1.165, 1.54) is 0 Å². The van der Waals surface area contributed by atoms with Crippen LogP contribution >= 0.6 is 0 Å². The van der Waals surface area contributed by atoms with Crippen molar-refractivity contribution < 1.29 is 0 Å². The van der Waals surface area contributed by atoms with Crippen molar-refractivity contribution in [1.29, 1.82) is 0 Å². The minimum absolute atomic E-state index is 0.860. The van der Waals surface area contributed by atoms with E-state index in [1.54, 1.807) is 0 Å². The molecule has 1 heterocycles. The van der Waals surface area contributed by atoms with Gasteiger partial charge < -0.3 is 5.43 Å². The van der Waals surface area contributed by atoms with Crippen molar-refractivity contribution in [2.75, 3.05) is 12.0 Å². The van der Waals surface area contributed by atoms with E-state index >= 15 is 0 Å². The van der Waals surface area contributed by atoms with Gasteiger partial charge in [0.15, 0.2) is 0 Å². The maximum Gasteiger partial charge on any atom is 0.105 e. The van der Waals surface area contributed by atoms with Crippen molar-refractivity contribution in [3.8, 4) is 0 Å². The third-order valence-corrected chi connectivity index (χ3v) is 2.26. The van der Waals surface area contributed by atoms with Gasteiger partial charge in [-0.1, -0.05) is 24.8 Å². The zero-order chi connectivity index (χ0) is 9.97. The monoisotopic (exact) mass is 187 g/mol. The number of hydrazine groups is 2. The zero-order valence-electron chi connectivity index (χ0n) is 8.17. The van der Waals surface area contributed by atoms with Crippen LogP contribution in [-0.2, 0) is 0 Å². The fraction of sp³-hybridized carbons (Fsp3) is 0.182. The number of hydrogen-bond donors (Lipinski definition) is 2. The Bertz CT molecular complexity index is 391. The maximum absolute atomic E-state index is 3.71. The number of benzene rings is 1. The van der Waals surface area contributed by atoms with Crippen molar-refractivity contribution in [3.63, 3.8) is 0 Å². The first-order valence-electron chi connectivity index (χ1n) is 4.65. The molecule has 0 radical (unpaired) electrons. The standard InChI is InChI=1S/C11H13N3/c1-3-11-9-7-5-6-8-10(9)12-13-14(11)4-2/h5-8,12-13H,1,4H2,2H3. The summed E-state index contributed by atoms with van der Waals surface area (Å²) in [4.78, 5) is 0. The van der Waals surface area contributed by atoms with E-state index in [2.05, 4.69) is 36.3 Å². The molecule has 3 heteroatoms. The lowest BCUT2D eigenvalue weighted by atomic mass is 10.1. The number of nitrogens with zero attached hydrogens (tertiary/aromatic N) is 1. The number of rotatable bonds is 1. The number of anilines is 1. The Kier molecular flexibility index (Phi) is 2.27. The van der Waals surface area contributed by atoms with Crippen molar-refractivity contribution in [3.05, 3.63) is 42.1 Å². The topological polar surface area (TPSA) is 27.3 Å². The summed E-state index contributed by atoms with van der Waals surface area (Å²) in [7, 11) is 0. The Morgan fingerprint density at radius 1 is 1.43 bits per heavy atom. The zero-order valence-corrected chi connectivity index (χ0v) is 8.17. The Hall–Kier alpha value is -1.70. The molecule has 1 aromatic rings. The molecule has 0 atom stereocenters. The molecule has 0 fully saturated rings. The summed E-state index contributed by atoms with van der Waals surface area (Å²) < 4.78 is 0. The normalized spacial score (nSPS) is 14.4. The first kappa shape index (κ1) is 8.88. The predicted molar refractivity (Wildman–Crippen MR) is 58.1 cm³/mol. The molecule has 2 N–H and O–H groups in total. The first-order valence-corrected chi connectivity index (χ1v) is 4.65. The molecule has 0 spiro atoms. The van der Waals surface area contributed by atoms with Gasteiger partial charge in [0.1, 0.15) is 5.70 Å². The Morgan fingerprint density at radius 3 is 2.93 bits per heavy atom. The summed E-state index contributed by atoms with van der Waals surface area (Å²) in [6.45, 7) is 6.64. The van der Waals surface area contributed by atoms with Gasteiger partial charge in [-0.15, -0.1) is 11.3 Å². The van der Waals surface area contributed by atoms with Gasteiger partial charge in [0.2, 0.25) is 0 Å². The van der Waals surface area contributed by atoms with Crippen LogP contribution in [0.1, 0.15) is 12.5 Å². The van der Waals surface area contributed by atoms with E-state index < -0.39 is 0 Å². The van der Waals surface area contributed by atoms with Crippen LogP contribution in [0.15, 0.2) is 36.6 Å². The van der Waals surface area contributed by atoms with Crippen LogP contribution < -0.4 is 11.0 Å². The summed E-state index contributed by atoms with van der Waals surface area (Å²) in [6, 6.07) is 8.08. The Labute approximate surface area is 83.7 Å². The highest BCUT2D eigenvalue weighted by molar-refractivity contribution is 5.76.